The fourth-order valence-corrected chi connectivity index (χ4v) is 5.24. The van der Waals surface area contributed by atoms with Gasteiger partial charge in [-0.1, -0.05) is 29.8 Å². The number of piperidine rings is 1. The van der Waals surface area contributed by atoms with Gasteiger partial charge in [-0.05, 0) is 78.9 Å². The molecule has 1 aromatic heterocycles. The number of hydrogen-bond donors (Lipinski definition) is 1. The van der Waals surface area contributed by atoms with Crippen LogP contribution < -0.4 is 4.52 Å². The SMILES string of the molecule is CO.Fc1ccc(-n2cc(C3CCN(POc4ccccc4)CC3)c3cc(Cl)ccc32)cc1. The molecule has 2 heterocycles. The van der Waals surface area contributed by atoms with Crippen molar-refractivity contribution >= 4 is 31.5 Å². The molecule has 1 saturated heterocycles. The van der Waals surface area contributed by atoms with Gasteiger partial charge in [0.15, 0.2) is 0 Å². The average Bonchev–Trinajstić information content (AvgIpc) is 3.24. The van der Waals surface area contributed by atoms with Gasteiger partial charge in [0.25, 0.3) is 0 Å². The molecular weight excluding hydrogens is 458 g/mol. The van der Waals surface area contributed by atoms with Gasteiger partial charge in [-0.25, -0.2) is 4.39 Å². The predicted molar refractivity (Wildman–Crippen MR) is 135 cm³/mol. The van der Waals surface area contributed by atoms with Crippen molar-refractivity contribution in [2.75, 3.05) is 20.2 Å². The molecule has 1 aliphatic heterocycles. The molecule has 0 aliphatic carbocycles. The smallest absolute Gasteiger partial charge is 0.149 e. The van der Waals surface area contributed by atoms with Gasteiger partial charge < -0.3 is 14.2 Å². The largest absolute Gasteiger partial charge is 0.461 e. The van der Waals surface area contributed by atoms with Crippen molar-refractivity contribution in [3.63, 3.8) is 0 Å². The van der Waals surface area contributed by atoms with Gasteiger partial charge in [-0.3, -0.25) is 4.67 Å². The minimum Gasteiger partial charge on any atom is -0.461 e. The number of benzene rings is 3. The molecule has 1 unspecified atom stereocenters. The van der Waals surface area contributed by atoms with E-state index in [1.54, 1.807) is 0 Å². The van der Waals surface area contributed by atoms with E-state index in [1.165, 1.54) is 23.1 Å². The Bertz CT molecular complexity index is 1180. The maximum Gasteiger partial charge on any atom is 0.149 e. The molecule has 4 nitrogen and oxygen atoms in total. The van der Waals surface area contributed by atoms with Crippen LogP contribution in [0.2, 0.25) is 5.02 Å². The van der Waals surface area contributed by atoms with Gasteiger partial charge in [0, 0.05) is 42.5 Å². The Morgan fingerprint density at radius 1 is 0.970 bits per heavy atom. The summed E-state index contributed by atoms with van der Waals surface area (Å²) in [6.07, 6.45) is 4.34. The van der Waals surface area contributed by atoms with Crippen LogP contribution in [0.5, 0.6) is 5.75 Å². The average molecular weight is 485 g/mol. The molecule has 5 rings (SSSR count). The lowest BCUT2D eigenvalue weighted by molar-refractivity contribution is 0.326. The second kappa shape index (κ2) is 11.1. The number of aliphatic hydroxyl groups excluding tert-OH is 1. The van der Waals surface area contributed by atoms with Crippen molar-refractivity contribution in [1.82, 2.24) is 9.24 Å². The standard InChI is InChI=1S/C25H23ClFN2OP.CH4O/c26-19-6-11-25-23(16-19)24(17-29(25)21-9-7-20(27)8-10-21)18-12-14-28(15-13-18)31-30-22-4-2-1-3-5-22;1-2/h1-11,16-18,31H,12-15H2;2H,1H3. The zero-order valence-corrected chi connectivity index (χ0v) is 20.2. The lowest BCUT2D eigenvalue weighted by Gasteiger charge is -2.31. The van der Waals surface area contributed by atoms with Crippen LogP contribution in [0.4, 0.5) is 4.39 Å². The van der Waals surface area contributed by atoms with E-state index in [1.807, 2.05) is 48.5 Å². The molecule has 1 atom stereocenters. The van der Waals surface area contributed by atoms with Crippen LogP contribution in [-0.2, 0) is 0 Å². The maximum atomic E-state index is 13.4. The first-order chi connectivity index (χ1) is 16.2. The molecule has 33 heavy (non-hydrogen) atoms. The molecule has 0 spiro atoms. The molecule has 3 aromatic carbocycles. The third kappa shape index (κ3) is 5.56. The molecule has 1 aliphatic rings. The van der Waals surface area contributed by atoms with Gasteiger partial charge >= 0.3 is 0 Å². The first-order valence-corrected chi connectivity index (χ1v) is 12.1. The molecule has 7 heteroatoms. The second-order valence-electron chi connectivity index (χ2n) is 7.86. The van der Waals surface area contributed by atoms with Crippen molar-refractivity contribution in [2.45, 2.75) is 18.8 Å². The summed E-state index contributed by atoms with van der Waals surface area (Å²) in [5.41, 5.74) is 3.37. The van der Waals surface area contributed by atoms with Crippen molar-refractivity contribution in [3.8, 4) is 11.4 Å². The number of aromatic nitrogens is 1. The highest BCUT2D eigenvalue weighted by Crippen LogP contribution is 2.39. The summed E-state index contributed by atoms with van der Waals surface area (Å²) in [5, 5.41) is 8.92. The van der Waals surface area contributed by atoms with E-state index in [-0.39, 0.29) is 5.82 Å². The minimum absolute atomic E-state index is 0.227. The highest BCUT2D eigenvalue weighted by molar-refractivity contribution is 7.29. The Morgan fingerprint density at radius 3 is 2.36 bits per heavy atom. The lowest BCUT2D eigenvalue weighted by atomic mass is 9.90. The molecule has 172 valence electrons. The van der Waals surface area contributed by atoms with Gasteiger partial charge in [-0.15, -0.1) is 0 Å². The highest BCUT2D eigenvalue weighted by Gasteiger charge is 2.24. The fourth-order valence-electron chi connectivity index (χ4n) is 4.26. The first kappa shape index (κ1) is 23.7. The molecule has 0 amide bonds. The Morgan fingerprint density at radius 2 is 1.67 bits per heavy atom. The van der Waals surface area contributed by atoms with Crippen LogP contribution in [0.25, 0.3) is 16.6 Å². The lowest BCUT2D eigenvalue weighted by Crippen LogP contribution is -2.27. The summed E-state index contributed by atoms with van der Waals surface area (Å²) >= 11 is 6.35. The maximum absolute atomic E-state index is 13.4. The number of hydrogen-bond acceptors (Lipinski definition) is 3. The Hall–Kier alpha value is -2.43. The topological polar surface area (TPSA) is 37.6 Å². The van der Waals surface area contributed by atoms with Crippen LogP contribution in [-0.4, -0.2) is 34.5 Å². The van der Waals surface area contributed by atoms with Gasteiger partial charge in [-0.2, -0.15) is 0 Å². The van der Waals surface area contributed by atoms with Crippen molar-refractivity contribution in [3.05, 3.63) is 95.4 Å². The first-order valence-electron chi connectivity index (χ1n) is 10.9. The minimum atomic E-state index is -0.227. The van der Waals surface area contributed by atoms with E-state index >= 15 is 0 Å². The molecule has 0 bridgehead atoms. The van der Waals surface area contributed by atoms with E-state index in [4.69, 9.17) is 21.2 Å². The molecule has 0 radical (unpaired) electrons. The van der Waals surface area contributed by atoms with Crippen LogP contribution in [0.15, 0.2) is 79.0 Å². The number of fused-ring (bicyclic) bond motifs is 1. The number of rotatable bonds is 5. The second-order valence-corrected chi connectivity index (χ2v) is 9.32. The number of nitrogens with zero attached hydrogens (tertiary/aromatic N) is 2. The van der Waals surface area contributed by atoms with E-state index in [0.717, 1.165) is 55.0 Å². The monoisotopic (exact) mass is 484 g/mol. The van der Waals surface area contributed by atoms with Crippen LogP contribution in [0.1, 0.15) is 24.3 Å². The van der Waals surface area contributed by atoms with E-state index in [9.17, 15) is 4.39 Å². The summed E-state index contributed by atoms with van der Waals surface area (Å²) in [4.78, 5) is 0. The van der Waals surface area contributed by atoms with Crippen molar-refractivity contribution < 1.29 is 14.0 Å². The summed E-state index contributed by atoms with van der Waals surface area (Å²) in [6.45, 7) is 2.00. The van der Waals surface area contributed by atoms with E-state index in [2.05, 4.69) is 27.6 Å². The Labute approximate surface area is 200 Å². The van der Waals surface area contributed by atoms with Gasteiger partial charge in [0.05, 0.1) is 5.52 Å². The van der Waals surface area contributed by atoms with E-state index in [0.29, 0.717) is 14.9 Å². The normalized spacial score (nSPS) is 15.0. The van der Waals surface area contributed by atoms with Crippen molar-refractivity contribution in [2.24, 2.45) is 0 Å². The molecule has 1 N–H and O–H groups in total. The Kier molecular flexibility index (Phi) is 8.00. The summed E-state index contributed by atoms with van der Waals surface area (Å²) in [7, 11) is 1.34. The molecule has 4 aromatic rings. The summed E-state index contributed by atoms with van der Waals surface area (Å²) in [5.74, 6) is 1.15. The van der Waals surface area contributed by atoms with Gasteiger partial charge in [0.1, 0.15) is 20.5 Å². The van der Waals surface area contributed by atoms with Crippen molar-refractivity contribution in [1.29, 1.82) is 0 Å². The van der Waals surface area contributed by atoms with Crippen LogP contribution in [0.3, 0.4) is 0 Å². The Balaban J connectivity index is 0.00000126. The predicted octanol–water partition coefficient (Wildman–Crippen LogP) is 6.80. The molecule has 0 saturated carbocycles. The number of aliphatic hydroxyl groups is 1. The van der Waals surface area contributed by atoms with Crippen LogP contribution in [0, 0.1) is 5.82 Å². The third-order valence-corrected chi connectivity index (χ3v) is 7.14. The quantitative estimate of drug-likeness (QED) is 0.317. The third-order valence-electron chi connectivity index (χ3n) is 5.87. The zero-order chi connectivity index (χ0) is 23.2. The number of halogens is 2. The zero-order valence-electron chi connectivity index (χ0n) is 18.4. The van der Waals surface area contributed by atoms with Crippen LogP contribution >= 0.6 is 20.6 Å². The van der Waals surface area contributed by atoms with Gasteiger partial charge in [0.2, 0.25) is 0 Å². The highest BCUT2D eigenvalue weighted by atomic mass is 35.5. The number of para-hydroxylation sites is 1. The molecular formula is C26H27ClFN2O2P. The van der Waals surface area contributed by atoms with E-state index < -0.39 is 0 Å². The molecule has 1 fully saturated rings. The summed E-state index contributed by atoms with van der Waals surface area (Å²) in [6, 6.07) is 22.6. The fraction of sp³-hybridized carbons (Fsp3) is 0.231. The summed E-state index contributed by atoms with van der Waals surface area (Å²) < 4.78 is 23.9.